The van der Waals surface area contributed by atoms with E-state index in [9.17, 15) is 0 Å². The van der Waals surface area contributed by atoms with Crippen molar-refractivity contribution in [2.45, 2.75) is 47.0 Å². The van der Waals surface area contributed by atoms with E-state index in [1.54, 1.807) is 11.3 Å². The van der Waals surface area contributed by atoms with Crippen molar-refractivity contribution in [2.75, 3.05) is 5.73 Å². The summed E-state index contributed by atoms with van der Waals surface area (Å²) in [5.41, 5.74) is 8.30. The monoisotopic (exact) mass is 238 g/mol. The summed E-state index contributed by atoms with van der Waals surface area (Å²) >= 11 is 1.64. The molecule has 0 unspecified atom stereocenters. The largest absolute Gasteiger partial charge is 0.375 e. The minimum Gasteiger partial charge on any atom is -0.375 e. The fraction of sp³-hybridized carbons (Fsp3) is 0.615. The highest BCUT2D eigenvalue weighted by molar-refractivity contribution is 7.15. The number of allylic oxidation sites excluding steroid dienone is 2. The van der Waals surface area contributed by atoms with Crippen LogP contribution in [0, 0.1) is 5.92 Å². The molecule has 0 bridgehead atoms. The molecule has 0 spiro atoms. The van der Waals surface area contributed by atoms with E-state index < -0.39 is 0 Å². The molecule has 1 heterocycles. The van der Waals surface area contributed by atoms with Gasteiger partial charge in [-0.1, -0.05) is 33.8 Å². The predicted molar refractivity (Wildman–Crippen MR) is 73.6 cm³/mol. The van der Waals surface area contributed by atoms with Crippen LogP contribution in [0.25, 0.3) is 5.57 Å². The molecule has 0 fully saturated rings. The summed E-state index contributed by atoms with van der Waals surface area (Å²) in [4.78, 5) is 5.82. The number of hydrogen-bond donors (Lipinski definition) is 1. The highest BCUT2D eigenvalue weighted by Crippen LogP contribution is 2.30. The SMILES string of the molecule is CC/C=C(\CC)c1nc(N)sc1CC(C)C. The Morgan fingerprint density at radius 3 is 2.62 bits per heavy atom. The van der Waals surface area contributed by atoms with Gasteiger partial charge in [0.15, 0.2) is 5.13 Å². The molecule has 0 atom stereocenters. The van der Waals surface area contributed by atoms with Crippen LogP contribution < -0.4 is 5.73 Å². The number of nitrogens with zero attached hydrogens (tertiary/aromatic N) is 1. The van der Waals surface area contributed by atoms with Crippen LogP contribution in [0.2, 0.25) is 0 Å². The first-order valence-electron chi connectivity index (χ1n) is 6.03. The van der Waals surface area contributed by atoms with Crippen LogP contribution >= 0.6 is 11.3 Å². The molecule has 0 aliphatic rings. The molecule has 0 radical (unpaired) electrons. The van der Waals surface area contributed by atoms with Crippen molar-refractivity contribution < 1.29 is 0 Å². The highest BCUT2D eigenvalue weighted by atomic mass is 32.1. The van der Waals surface area contributed by atoms with Crippen LogP contribution in [0.3, 0.4) is 0 Å². The smallest absolute Gasteiger partial charge is 0.180 e. The molecule has 0 saturated carbocycles. The van der Waals surface area contributed by atoms with Crippen molar-refractivity contribution in [3.8, 4) is 0 Å². The first-order chi connectivity index (χ1) is 7.58. The van der Waals surface area contributed by atoms with Crippen LogP contribution in [0.1, 0.15) is 51.1 Å². The maximum absolute atomic E-state index is 5.82. The Hall–Kier alpha value is -0.830. The molecule has 1 aromatic rings. The second-order valence-corrected chi connectivity index (χ2v) is 5.53. The van der Waals surface area contributed by atoms with Crippen LogP contribution in [0.4, 0.5) is 5.13 Å². The number of rotatable bonds is 5. The van der Waals surface area contributed by atoms with Crippen LogP contribution in [-0.4, -0.2) is 4.98 Å². The standard InChI is InChI=1S/C13H22N2S/c1-5-7-10(6-2)12-11(8-9(3)4)16-13(14)15-12/h7,9H,5-6,8H2,1-4H3,(H2,14,15)/b10-7+. The Balaban J connectivity index is 3.05. The number of anilines is 1. The Bertz CT molecular complexity index is 364. The summed E-state index contributed by atoms with van der Waals surface area (Å²) in [6, 6.07) is 0. The third-order valence-electron chi connectivity index (χ3n) is 2.44. The van der Waals surface area contributed by atoms with Crippen molar-refractivity contribution in [1.82, 2.24) is 4.98 Å². The molecule has 3 heteroatoms. The lowest BCUT2D eigenvalue weighted by Gasteiger charge is -2.06. The van der Waals surface area contributed by atoms with Gasteiger partial charge in [0.25, 0.3) is 0 Å². The van der Waals surface area contributed by atoms with Crippen LogP contribution in [-0.2, 0) is 6.42 Å². The van der Waals surface area contributed by atoms with Gasteiger partial charge in [-0.2, -0.15) is 0 Å². The molecular formula is C13H22N2S. The van der Waals surface area contributed by atoms with E-state index in [1.807, 2.05) is 0 Å². The van der Waals surface area contributed by atoms with E-state index in [1.165, 1.54) is 10.5 Å². The number of aromatic nitrogens is 1. The first-order valence-corrected chi connectivity index (χ1v) is 6.84. The molecule has 90 valence electrons. The zero-order valence-corrected chi connectivity index (χ0v) is 11.5. The van der Waals surface area contributed by atoms with E-state index in [4.69, 9.17) is 5.73 Å². The highest BCUT2D eigenvalue weighted by Gasteiger charge is 2.13. The second kappa shape index (κ2) is 6.04. The van der Waals surface area contributed by atoms with E-state index >= 15 is 0 Å². The third-order valence-corrected chi connectivity index (χ3v) is 3.35. The molecule has 0 aromatic carbocycles. The van der Waals surface area contributed by atoms with Gasteiger partial charge in [-0.25, -0.2) is 4.98 Å². The van der Waals surface area contributed by atoms with Gasteiger partial charge in [0.1, 0.15) is 0 Å². The average Bonchev–Trinajstić information content (AvgIpc) is 2.55. The third kappa shape index (κ3) is 3.34. The molecule has 1 aromatic heterocycles. The lowest BCUT2D eigenvalue weighted by molar-refractivity contribution is 0.652. The van der Waals surface area contributed by atoms with E-state index in [2.05, 4.69) is 38.8 Å². The summed E-state index contributed by atoms with van der Waals surface area (Å²) in [6.07, 6.45) is 5.42. The summed E-state index contributed by atoms with van der Waals surface area (Å²) < 4.78 is 0. The van der Waals surface area contributed by atoms with E-state index in [0.717, 1.165) is 25.0 Å². The van der Waals surface area contributed by atoms with Gasteiger partial charge in [-0.15, -0.1) is 11.3 Å². The molecule has 2 N–H and O–H groups in total. The number of nitrogens with two attached hydrogens (primary N) is 1. The summed E-state index contributed by atoms with van der Waals surface area (Å²) in [5.74, 6) is 0.651. The van der Waals surface area contributed by atoms with Gasteiger partial charge in [0.2, 0.25) is 0 Å². The molecule has 2 nitrogen and oxygen atoms in total. The van der Waals surface area contributed by atoms with Gasteiger partial charge in [0.05, 0.1) is 5.69 Å². The van der Waals surface area contributed by atoms with Crippen molar-refractivity contribution in [3.05, 3.63) is 16.6 Å². The van der Waals surface area contributed by atoms with Gasteiger partial charge in [-0.3, -0.25) is 0 Å². The van der Waals surface area contributed by atoms with Crippen molar-refractivity contribution >= 4 is 22.0 Å². The summed E-state index contributed by atoms with van der Waals surface area (Å²) in [6.45, 7) is 8.80. The molecular weight excluding hydrogens is 216 g/mol. The Labute approximate surface area is 103 Å². The predicted octanol–water partition coefficient (Wildman–Crippen LogP) is 4.13. The molecule has 0 aliphatic heterocycles. The Morgan fingerprint density at radius 1 is 1.44 bits per heavy atom. The zero-order chi connectivity index (χ0) is 12.1. The number of thiazole rings is 1. The number of hydrogen-bond acceptors (Lipinski definition) is 3. The quantitative estimate of drug-likeness (QED) is 0.837. The molecule has 0 aliphatic carbocycles. The zero-order valence-electron chi connectivity index (χ0n) is 10.7. The topological polar surface area (TPSA) is 38.9 Å². The van der Waals surface area contributed by atoms with Crippen LogP contribution in [0.15, 0.2) is 6.08 Å². The van der Waals surface area contributed by atoms with E-state index in [-0.39, 0.29) is 0 Å². The minimum absolute atomic E-state index is 0.651. The van der Waals surface area contributed by atoms with Crippen molar-refractivity contribution in [2.24, 2.45) is 5.92 Å². The van der Waals surface area contributed by atoms with Gasteiger partial charge >= 0.3 is 0 Å². The molecule has 0 amide bonds. The van der Waals surface area contributed by atoms with Crippen molar-refractivity contribution in [3.63, 3.8) is 0 Å². The molecule has 1 rings (SSSR count). The Kier molecular flexibility index (Phi) is 5.00. The van der Waals surface area contributed by atoms with Crippen molar-refractivity contribution in [1.29, 1.82) is 0 Å². The average molecular weight is 238 g/mol. The maximum Gasteiger partial charge on any atom is 0.180 e. The second-order valence-electron chi connectivity index (χ2n) is 4.41. The maximum atomic E-state index is 5.82. The molecule has 0 saturated heterocycles. The van der Waals surface area contributed by atoms with Gasteiger partial charge in [0, 0.05) is 4.88 Å². The minimum atomic E-state index is 0.651. The number of nitrogen functional groups attached to an aromatic ring is 1. The molecule has 16 heavy (non-hydrogen) atoms. The first kappa shape index (κ1) is 13.2. The fourth-order valence-electron chi connectivity index (χ4n) is 1.78. The van der Waals surface area contributed by atoms with E-state index in [0.29, 0.717) is 11.0 Å². The normalized spacial score (nSPS) is 12.4. The lowest BCUT2D eigenvalue weighted by Crippen LogP contribution is -1.96. The van der Waals surface area contributed by atoms with Gasteiger partial charge < -0.3 is 5.73 Å². The summed E-state index contributed by atoms with van der Waals surface area (Å²) in [7, 11) is 0. The lowest BCUT2D eigenvalue weighted by atomic mass is 10.0. The fourth-order valence-corrected chi connectivity index (χ4v) is 2.86. The van der Waals surface area contributed by atoms with Gasteiger partial charge in [-0.05, 0) is 30.8 Å². The summed E-state index contributed by atoms with van der Waals surface area (Å²) in [5, 5.41) is 0.695. The Morgan fingerprint density at radius 2 is 2.12 bits per heavy atom. The van der Waals surface area contributed by atoms with Crippen LogP contribution in [0.5, 0.6) is 0 Å².